The van der Waals surface area contributed by atoms with E-state index in [4.69, 9.17) is 16.3 Å². The maximum atomic E-state index is 12.5. The van der Waals surface area contributed by atoms with E-state index in [1.165, 1.54) is 0 Å². The summed E-state index contributed by atoms with van der Waals surface area (Å²) in [6.45, 7) is 0. The highest BCUT2D eigenvalue weighted by molar-refractivity contribution is 9.10. The molecule has 2 nitrogen and oxygen atoms in total. The van der Waals surface area contributed by atoms with E-state index in [0.717, 1.165) is 36.5 Å². The van der Waals surface area contributed by atoms with Crippen LogP contribution >= 0.6 is 39.3 Å². The Bertz CT molecular complexity index is 1160. The van der Waals surface area contributed by atoms with Crippen LogP contribution in [-0.2, 0) is 5.75 Å². The van der Waals surface area contributed by atoms with Crippen LogP contribution in [0.1, 0.15) is 15.9 Å². The van der Waals surface area contributed by atoms with Crippen molar-refractivity contribution >= 4 is 56.0 Å². The molecule has 0 heterocycles. The molecule has 0 fully saturated rings. The van der Waals surface area contributed by atoms with E-state index in [1.54, 1.807) is 23.9 Å². The second-order valence-corrected chi connectivity index (χ2v) is 8.88. The lowest BCUT2D eigenvalue weighted by molar-refractivity contribution is 0.0735. The Balaban J connectivity index is 1.40. The largest absolute Gasteiger partial charge is 0.423 e. The number of rotatable bonds is 5. The molecule has 0 atom stereocenters. The zero-order valence-electron chi connectivity index (χ0n) is 15.3. The predicted octanol–water partition coefficient (Wildman–Crippen LogP) is 7.77. The first-order valence-corrected chi connectivity index (χ1v) is 11.1. The molecule has 29 heavy (non-hydrogen) atoms. The molecule has 0 aromatic heterocycles. The summed E-state index contributed by atoms with van der Waals surface area (Å²) in [5, 5.41) is 2.84. The van der Waals surface area contributed by atoms with E-state index in [2.05, 4.69) is 15.9 Å². The average Bonchev–Trinajstić information content (AvgIpc) is 2.74. The van der Waals surface area contributed by atoms with Crippen molar-refractivity contribution in [3.63, 3.8) is 0 Å². The van der Waals surface area contributed by atoms with Gasteiger partial charge in [-0.05, 0) is 77.0 Å². The van der Waals surface area contributed by atoms with Crippen LogP contribution in [0.5, 0.6) is 5.75 Å². The van der Waals surface area contributed by atoms with Crippen LogP contribution in [0.3, 0.4) is 0 Å². The van der Waals surface area contributed by atoms with Gasteiger partial charge in [-0.2, -0.15) is 0 Å². The fraction of sp³-hybridized carbons (Fsp3) is 0.0417. The molecule has 0 unspecified atom stereocenters. The van der Waals surface area contributed by atoms with Gasteiger partial charge in [0.25, 0.3) is 0 Å². The summed E-state index contributed by atoms with van der Waals surface area (Å²) < 4.78 is 6.57. The molecule has 4 aromatic carbocycles. The van der Waals surface area contributed by atoms with E-state index in [-0.39, 0.29) is 5.97 Å². The zero-order chi connectivity index (χ0) is 20.2. The minimum atomic E-state index is -0.363. The number of esters is 1. The van der Waals surface area contributed by atoms with E-state index in [9.17, 15) is 4.79 Å². The topological polar surface area (TPSA) is 26.3 Å². The third kappa shape index (κ3) is 5.21. The number of hydrogen-bond acceptors (Lipinski definition) is 3. The Kier molecular flexibility index (Phi) is 6.24. The van der Waals surface area contributed by atoms with Crippen molar-refractivity contribution in [1.82, 2.24) is 0 Å². The number of hydrogen-bond donors (Lipinski definition) is 0. The van der Waals surface area contributed by atoms with Crippen molar-refractivity contribution in [1.29, 1.82) is 0 Å². The summed E-state index contributed by atoms with van der Waals surface area (Å²) in [7, 11) is 0. The van der Waals surface area contributed by atoms with Crippen LogP contribution in [-0.4, -0.2) is 5.97 Å². The number of benzene rings is 4. The second-order valence-electron chi connectivity index (χ2n) is 6.48. The normalized spacial score (nSPS) is 10.8. The van der Waals surface area contributed by atoms with Gasteiger partial charge in [0.15, 0.2) is 0 Å². The monoisotopic (exact) mass is 482 g/mol. The first-order valence-electron chi connectivity index (χ1n) is 8.96. The highest BCUT2D eigenvalue weighted by atomic mass is 79.9. The molecule has 0 aliphatic rings. The molecular formula is C24H16BrClO2S. The van der Waals surface area contributed by atoms with E-state index < -0.39 is 0 Å². The molecule has 0 spiro atoms. The highest BCUT2D eigenvalue weighted by Crippen LogP contribution is 2.26. The zero-order valence-corrected chi connectivity index (χ0v) is 18.4. The van der Waals surface area contributed by atoms with E-state index >= 15 is 0 Å². The third-order valence-electron chi connectivity index (χ3n) is 4.39. The number of ether oxygens (including phenoxy) is 1. The fourth-order valence-corrected chi connectivity index (χ4v) is 4.22. The Morgan fingerprint density at radius 3 is 2.31 bits per heavy atom. The van der Waals surface area contributed by atoms with Crippen LogP contribution in [0.4, 0.5) is 0 Å². The van der Waals surface area contributed by atoms with E-state index in [1.807, 2.05) is 72.8 Å². The first kappa shape index (κ1) is 20.0. The van der Waals surface area contributed by atoms with Gasteiger partial charge in [0, 0.05) is 20.1 Å². The minimum absolute atomic E-state index is 0.363. The summed E-state index contributed by atoms with van der Waals surface area (Å²) in [5.74, 6) is 0.988. The van der Waals surface area contributed by atoms with Crippen LogP contribution in [0.25, 0.3) is 10.8 Å². The van der Waals surface area contributed by atoms with Crippen LogP contribution < -0.4 is 4.74 Å². The highest BCUT2D eigenvalue weighted by Gasteiger charge is 2.09. The van der Waals surface area contributed by atoms with Gasteiger partial charge in [0.2, 0.25) is 0 Å². The summed E-state index contributed by atoms with van der Waals surface area (Å²) in [4.78, 5) is 13.6. The van der Waals surface area contributed by atoms with Gasteiger partial charge in [0.1, 0.15) is 5.75 Å². The van der Waals surface area contributed by atoms with Gasteiger partial charge in [-0.1, -0.05) is 51.8 Å². The summed E-state index contributed by atoms with van der Waals surface area (Å²) in [6.07, 6.45) is 0. The number of fused-ring (bicyclic) bond motifs is 1. The molecular weight excluding hydrogens is 468 g/mol. The molecule has 4 aromatic rings. The Morgan fingerprint density at radius 1 is 0.862 bits per heavy atom. The predicted molar refractivity (Wildman–Crippen MR) is 124 cm³/mol. The van der Waals surface area contributed by atoms with Crippen molar-refractivity contribution in [2.75, 3.05) is 0 Å². The van der Waals surface area contributed by atoms with E-state index in [0.29, 0.717) is 11.3 Å². The molecule has 0 aliphatic carbocycles. The fourth-order valence-electron chi connectivity index (χ4n) is 2.86. The maximum Gasteiger partial charge on any atom is 0.343 e. The lowest BCUT2D eigenvalue weighted by atomic mass is 10.1. The van der Waals surface area contributed by atoms with Gasteiger partial charge in [-0.15, -0.1) is 11.8 Å². The lowest BCUT2D eigenvalue weighted by Crippen LogP contribution is -2.08. The summed E-state index contributed by atoms with van der Waals surface area (Å²) in [6, 6.07) is 26.9. The van der Waals surface area contributed by atoms with Crippen molar-refractivity contribution in [3.05, 3.63) is 106 Å². The number of carbonyl (C=O) groups excluding carboxylic acids is 1. The maximum absolute atomic E-state index is 12.5. The molecule has 0 N–H and O–H groups in total. The quantitative estimate of drug-likeness (QED) is 0.165. The second kappa shape index (κ2) is 9.04. The Hall–Kier alpha value is -2.27. The lowest BCUT2D eigenvalue weighted by Gasteiger charge is -2.07. The van der Waals surface area contributed by atoms with Gasteiger partial charge >= 0.3 is 5.97 Å². The average molecular weight is 484 g/mol. The van der Waals surface area contributed by atoms with Crippen molar-refractivity contribution in [2.24, 2.45) is 0 Å². The Labute approximate surface area is 187 Å². The Morgan fingerprint density at radius 2 is 1.55 bits per heavy atom. The molecule has 4 rings (SSSR count). The molecule has 144 valence electrons. The molecule has 0 aliphatic heterocycles. The smallest absolute Gasteiger partial charge is 0.343 e. The van der Waals surface area contributed by atoms with Gasteiger partial charge in [-0.25, -0.2) is 4.79 Å². The van der Waals surface area contributed by atoms with Gasteiger partial charge < -0.3 is 4.74 Å². The molecule has 0 radical (unpaired) electrons. The van der Waals surface area contributed by atoms with Crippen LogP contribution in [0.15, 0.2) is 94.3 Å². The minimum Gasteiger partial charge on any atom is -0.423 e. The standard InChI is InChI=1S/C24H16BrClO2S/c25-20-7-5-19-14-22(10-6-18(19)13-20)28-24(27)17-3-1-16(2-4-17)15-29-23-11-8-21(26)9-12-23/h1-14H,15H2. The molecule has 0 bridgehead atoms. The first-order chi connectivity index (χ1) is 14.1. The molecule has 5 heteroatoms. The van der Waals surface area contributed by atoms with Gasteiger partial charge in [-0.3, -0.25) is 0 Å². The SMILES string of the molecule is O=C(Oc1ccc2cc(Br)ccc2c1)c1ccc(CSc2ccc(Cl)cc2)cc1. The van der Waals surface area contributed by atoms with Crippen molar-refractivity contribution in [2.45, 2.75) is 10.6 Å². The third-order valence-corrected chi connectivity index (χ3v) is 6.22. The van der Waals surface area contributed by atoms with Crippen molar-refractivity contribution in [3.8, 4) is 5.75 Å². The van der Waals surface area contributed by atoms with Crippen molar-refractivity contribution < 1.29 is 9.53 Å². The molecule has 0 saturated carbocycles. The van der Waals surface area contributed by atoms with Gasteiger partial charge in [0.05, 0.1) is 5.56 Å². The summed E-state index contributed by atoms with van der Waals surface area (Å²) >= 11 is 11.1. The molecule has 0 saturated heterocycles. The summed E-state index contributed by atoms with van der Waals surface area (Å²) in [5.41, 5.74) is 1.67. The number of halogens is 2. The van der Waals surface area contributed by atoms with Crippen LogP contribution in [0.2, 0.25) is 5.02 Å². The number of carbonyl (C=O) groups is 1. The molecule has 0 amide bonds. The van der Waals surface area contributed by atoms with Crippen LogP contribution in [0, 0.1) is 0 Å². The number of thioether (sulfide) groups is 1.